The molecule has 6 nitrogen and oxygen atoms in total. The van der Waals surface area contributed by atoms with E-state index in [0.29, 0.717) is 25.9 Å². The van der Waals surface area contributed by atoms with Crippen LogP contribution in [0, 0.1) is 0 Å². The van der Waals surface area contributed by atoms with Gasteiger partial charge in [-0.05, 0) is 25.3 Å². The van der Waals surface area contributed by atoms with Crippen molar-refractivity contribution in [1.82, 2.24) is 14.3 Å². The molecule has 2 aliphatic rings. The maximum absolute atomic E-state index is 12.4. The average Bonchev–Trinajstić information content (AvgIpc) is 3.28. The molecule has 0 spiro atoms. The van der Waals surface area contributed by atoms with Crippen LogP contribution in [-0.2, 0) is 22.9 Å². The first kappa shape index (κ1) is 13.9. The molecule has 0 aromatic carbocycles. The van der Waals surface area contributed by atoms with E-state index in [9.17, 15) is 8.42 Å². The fraction of sp³-hybridized carbons (Fsp3) is 0.467. The van der Waals surface area contributed by atoms with Crippen molar-refractivity contribution in [2.75, 3.05) is 13.1 Å². The number of hydrogen-bond donors (Lipinski definition) is 0. The van der Waals surface area contributed by atoms with Gasteiger partial charge < -0.3 is 4.42 Å². The molecule has 0 bridgehead atoms. The van der Waals surface area contributed by atoms with Crippen LogP contribution in [0.15, 0.2) is 29.3 Å². The van der Waals surface area contributed by atoms with E-state index in [1.807, 2.05) is 6.07 Å². The molecule has 0 atom stereocenters. The second-order valence-electron chi connectivity index (χ2n) is 5.80. The highest BCUT2D eigenvalue weighted by atomic mass is 32.2. The summed E-state index contributed by atoms with van der Waals surface area (Å²) in [5.74, 6) is 0. The van der Waals surface area contributed by atoms with Gasteiger partial charge in [-0.25, -0.2) is 22.7 Å². The highest BCUT2D eigenvalue weighted by Gasteiger charge is 2.40. The predicted octanol–water partition coefficient (Wildman–Crippen LogP) is 1.63. The lowest BCUT2D eigenvalue weighted by atomic mass is 10.0. The molecule has 0 unspecified atom stereocenters. The van der Waals surface area contributed by atoms with Crippen LogP contribution in [0.2, 0.25) is 0 Å². The second-order valence-corrected chi connectivity index (χ2v) is 8.02. The zero-order valence-corrected chi connectivity index (χ0v) is 12.9. The first-order valence-corrected chi connectivity index (χ1v) is 9.01. The van der Waals surface area contributed by atoms with E-state index in [-0.39, 0.29) is 5.25 Å². The normalized spacial score (nSPS) is 19.6. The molecule has 0 amide bonds. The lowest BCUT2D eigenvalue weighted by molar-refractivity contribution is 0.425. The summed E-state index contributed by atoms with van der Waals surface area (Å²) >= 11 is 0. The van der Waals surface area contributed by atoms with Crippen LogP contribution in [0.5, 0.6) is 0 Å². The highest BCUT2D eigenvalue weighted by Crippen LogP contribution is 2.33. The molecule has 7 heteroatoms. The fourth-order valence-electron chi connectivity index (χ4n) is 2.99. The van der Waals surface area contributed by atoms with Crippen LogP contribution < -0.4 is 0 Å². The van der Waals surface area contributed by atoms with Crippen LogP contribution in [0.4, 0.5) is 0 Å². The zero-order valence-electron chi connectivity index (χ0n) is 12.1. The highest BCUT2D eigenvalue weighted by molar-refractivity contribution is 7.90. The fourth-order valence-corrected chi connectivity index (χ4v) is 4.83. The molecule has 0 radical (unpaired) electrons. The van der Waals surface area contributed by atoms with Gasteiger partial charge >= 0.3 is 0 Å². The number of fused-ring (bicyclic) bond motifs is 1. The molecule has 1 fully saturated rings. The summed E-state index contributed by atoms with van der Waals surface area (Å²) in [5.41, 5.74) is 3.75. The third kappa shape index (κ3) is 2.34. The molecule has 116 valence electrons. The van der Waals surface area contributed by atoms with Crippen molar-refractivity contribution < 1.29 is 12.8 Å². The van der Waals surface area contributed by atoms with E-state index < -0.39 is 10.0 Å². The van der Waals surface area contributed by atoms with E-state index in [4.69, 9.17) is 4.42 Å². The third-order valence-corrected chi connectivity index (χ3v) is 6.74. The molecule has 2 aromatic heterocycles. The lowest BCUT2D eigenvalue weighted by Gasteiger charge is -2.19. The van der Waals surface area contributed by atoms with Crippen molar-refractivity contribution in [1.29, 1.82) is 0 Å². The molecular weight excluding hydrogens is 302 g/mol. The van der Waals surface area contributed by atoms with Gasteiger partial charge in [0.05, 0.1) is 23.5 Å². The van der Waals surface area contributed by atoms with Crippen molar-refractivity contribution in [3.05, 3.63) is 36.2 Å². The van der Waals surface area contributed by atoms with E-state index in [1.165, 1.54) is 0 Å². The first-order chi connectivity index (χ1) is 10.7. The Kier molecular flexibility index (Phi) is 3.27. The van der Waals surface area contributed by atoms with Gasteiger partial charge in [0.25, 0.3) is 0 Å². The lowest BCUT2D eigenvalue weighted by Crippen LogP contribution is -2.35. The Balaban J connectivity index is 1.66. The number of rotatable bonds is 3. The minimum Gasteiger partial charge on any atom is -0.472 e. The Morgan fingerprint density at radius 1 is 1.18 bits per heavy atom. The molecule has 0 saturated heterocycles. The summed E-state index contributed by atoms with van der Waals surface area (Å²) in [6.07, 6.45) is 7.69. The Morgan fingerprint density at radius 2 is 2.00 bits per heavy atom. The van der Waals surface area contributed by atoms with Crippen LogP contribution >= 0.6 is 0 Å². The number of sulfonamides is 1. The van der Waals surface area contributed by atoms with Crippen molar-refractivity contribution in [2.45, 2.75) is 30.9 Å². The van der Waals surface area contributed by atoms with Gasteiger partial charge in [0.15, 0.2) is 0 Å². The van der Waals surface area contributed by atoms with Crippen LogP contribution in [0.25, 0.3) is 11.3 Å². The molecule has 3 heterocycles. The van der Waals surface area contributed by atoms with Crippen molar-refractivity contribution in [3.8, 4) is 11.3 Å². The summed E-state index contributed by atoms with van der Waals surface area (Å²) in [6, 6.07) is 1.87. The Labute approximate surface area is 129 Å². The Hall–Kier alpha value is -1.73. The third-order valence-electron chi connectivity index (χ3n) is 4.34. The summed E-state index contributed by atoms with van der Waals surface area (Å²) in [7, 11) is -3.13. The molecule has 1 saturated carbocycles. The number of aromatic nitrogens is 2. The standard InChI is InChI=1S/C15H17N3O3S/c19-22(20,12-1-2-12)18-6-3-13-14(4-7-18)16-10-17-15(13)11-5-8-21-9-11/h5,8-10,12H,1-4,6-7H2. The smallest absolute Gasteiger partial charge is 0.217 e. The van der Waals surface area contributed by atoms with E-state index >= 15 is 0 Å². The largest absolute Gasteiger partial charge is 0.472 e. The predicted molar refractivity (Wildman–Crippen MR) is 80.7 cm³/mol. The van der Waals surface area contributed by atoms with Crippen molar-refractivity contribution in [2.24, 2.45) is 0 Å². The van der Waals surface area contributed by atoms with Gasteiger partial charge in [-0.2, -0.15) is 0 Å². The Morgan fingerprint density at radius 3 is 2.73 bits per heavy atom. The van der Waals surface area contributed by atoms with Gasteiger partial charge in [0.2, 0.25) is 10.0 Å². The monoisotopic (exact) mass is 319 g/mol. The molecule has 1 aliphatic carbocycles. The molecular formula is C15H17N3O3S. The summed E-state index contributed by atoms with van der Waals surface area (Å²) < 4.78 is 31.7. The van der Waals surface area contributed by atoms with Crippen LogP contribution in [0.1, 0.15) is 24.1 Å². The van der Waals surface area contributed by atoms with Crippen LogP contribution in [0.3, 0.4) is 0 Å². The number of nitrogens with zero attached hydrogens (tertiary/aromatic N) is 3. The van der Waals surface area contributed by atoms with Crippen molar-refractivity contribution in [3.63, 3.8) is 0 Å². The van der Waals surface area contributed by atoms with Gasteiger partial charge in [-0.3, -0.25) is 0 Å². The molecule has 22 heavy (non-hydrogen) atoms. The summed E-state index contributed by atoms with van der Waals surface area (Å²) in [4.78, 5) is 8.74. The van der Waals surface area contributed by atoms with Gasteiger partial charge in [-0.1, -0.05) is 0 Å². The summed E-state index contributed by atoms with van der Waals surface area (Å²) in [5, 5.41) is -0.159. The number of furan rings is 1. The van der Waals surface area contributed by atoms with E-state index in [0.717, 1.165) is 35.4 Å². The maximum atomic E-state index is 12.4. The quantitative estimate of drug-likeness (QED) is 0.859. The van der Waals surface area contributed by atoms with Gasteiger partial charge in [0.1, 0.15) is 6.33 Å². The number of hydrogen-bond acceptors (Lipinski definition) is 5. The van der Waals surface area contributed by atoms with Gasteiger partial charge in [0, 0.05) is 36.3 Å². The SMILES string of the molecule is O=S(=O)(C1CC1)N1CCc2ncnc(-c3ccoc3)c2CC1. The second kappa shape index (κ2) is 5.17. The van der Waals surface area contributed by atoms with Gasteiger partial charge in [-0.15, -0.1) is 0 Å². The minimum atomic E-state index is -3.13. The molecule has 2 aromatic rings. The minimum absolute atomic E-state index is 0.159. The van der Waals surface area contributed by atoms with Crippen molar-refractivity contribution >= 4 is 10.0 Å². The Bertz CT molecular complexity index is 782. The molecule has 0 N–H and O–H groups in total. The molecule has 4 rings (SSSR count). The summed E-state index contributed by atoms with van der Waals surface area (Å²) in [6.45, 7) is 1.01. The first-order valence-electron chi connectivity index (χ1n) is 7.50. The molecule has 1 aliphatic heterocycles. The van der Waals surface area contributed by atoms with Crippen LogP contribution in [-0.4, -0.2) is 41.0 Å². The van der Waals surface area contributed by atoms with E-state index in [2.05, 4.69) is 9.97 Å². The topological polar surface area (TPSA) is 76.3 Å². The average molecular weight is 319 g/mol. The zero-order chi connectivity index (χ0) is 15.2. The maximum Gasteiger partial charge on any atom is 0.217 e. The van der Waals surface area contributed by atoms with E-state index in [1.54, 1.807) is 23.2 Å².